The highest BCUT2D eigenvalue weighted by Crippen LogP contribution is 2.04. The van der Waals surface area contributed by atoms with Crippen LogP contribution >= 0.6 is 0 Å². The molecule has 0 aromatic rings. The first-order valence-electron chi connectivity index (χ1n) is 5.16. The van der Waals surface area contributed by atoms with Gasteiger partial charge >= 0.3 is 6.03 Å². The average molecular weight is 202 g/mol. The molecule has 0 aliphatic rings. The van der Waals surface area contributed by atoms with Gasteiger partial charge in [0.05, 0.1) is 12.1 Å². The minimum Gasteiger partial charge on any atom is -0.389 e. The van der Waals surface area contributed by atoms with Crippen molar-refractivity contribution in [3.63, 3.8) is 0 Å². The summed E-state index contributed by atoms with van der Waals surface area (Å²) in [5.74, 6) is 0. The largest absolute Gasteiger partial charge is 0.389 e. The zero-order chi connectivity index (χ0) is 11.2. The first kappa shape index (κ1) is 13.2. The van der Waals surface area contributed by atoms with Gasteiger partial charge in [-0.15, -0.1) is 0 Å². The molecular formula is C10H22N2O2. The Balaban J connectivity index is 4.06. The molecule has 0 spiro atoms. The summed E-state index contributed by atoms with van der Waals surface area (Å²) in [6, 6.07) is -0.100. The number of nitrogens with one attached hydrogen (secondary N) is 1. The predicted octanol–water partition coefficient (Wildman–Crippen LogP) is 1.20. The number of carbonyl (C=O) groups excluding carboxylic acids is 1. The molecule has 0 atom stereocenters. The van der Waals surface area contributed by atoms with Crippen molar-refractivity contribution in [2.45, 2.75) is 39.7 Å². The Morgan fingerprint density at radius 2 is 2.00 bits per heavy atom. The first-order valence-corrected chi connectivity index (χ1v) is 5.16. The summed E-state index contributed by atoms with van der Waals surface area (Å²) in [7, 11) is 0. The summed E-state index contributed by atoms with van der Waals surface area (Å²) in [6.07, 6.45) is 0.922. The number of rotatable bonds is 5. The van der Waals surface area contributed by atoms with Gasteiger partial charge in [0, 0.05) is 13.1 Å². The van der Waals surface area contributed by atoms with Gasteiger partial charge in [-0.05, 0) is 27.2 Å². The van der Waals surface area contributed by atoms with E-state index in [1.54, 1.807) is 18.7 Å². The third-order valence-electron chi connectivity index (χ3n) is 1.77. The van der Waals surface area contributed by atoms with E-state index in [9.17, 15) is 9.90 Å². The van der Waals surface area contributed by atoms with Crippen molar-refractivity contribution in [2.24, 2.45) is 0 Å². The van der Waals surface area contributed by atoms with Gasteiger partial charge in [0.15, 0.2) is 0 Å². The number of carbonyl (C=O) groups is 1. The Labute approximate surface area is 86.3 Å². The molecule has 0 aliphatic carbocycles. The van der Waals surface area contributed by atoms with Crippen molar-refractivity contribution >= 4 is 6.03 Å². The Morgan fingerprint density at radius 1 is 1.43 bits per heavy atom. The molecule has 4 heteroatoms. The fourth-order valence-electron chi connectivity index (χ4n) is 1.14. The monoisotopic (exact) mass is 202 g/mol. The minimum absolute atomic E-state index is 0.100. The van der Waals surface area contributed by atoms with E-state index < -0.39 is 5.60 Å². The molecule has 0 rings (SSSR count). The molecule has 0 unspecified atom stereocenters. The fraction of sp³-hybridized carbons (Fsp3) is 0.900. The number of aliphatic hydroxyl groups is 1. The zero-order valence-corrected chi connectivity index (χ0v) is 9.63. The van der Waals surface area contributed by atoms with Crippen LogP contribution in [-0.4, -0.2) is 41.3 Å². The van der Waals surface area contributed by atoms with E-state index in [4.69, 9.17) is 0 Å². The molecule has 2 N–H and O–H groups in total. The smallest absolute Gasteiger partial charge is 0.317 e. The normalized spacial score (nSPS) is 11.2. The van der Waals surface area contributed by atoms with Crippen LogP contribution in [0.25, 0.3) is 0 Å². The average Bonchev–Trinajstić information content (AvgIpc) is 2.08. The molecule has 0 saturated carbocycles. The van der Waals surface area contributed by atoms with E-state index in [1.807, 2.05) is 13.8 Å². The predicted molar refractivity (Wildman–Crippen MR) is 57.2 cm³/mol. The molecule has 0 aliphatic heterocycles. The van der Waals surface area contributed by atoms with E-state index in [0.29, 0.717) is 19.6 Å². The lowest BCUT2D eigenvalue weighted by Gasteiger charge is -2.28. The lowest BCUT2D eigenvalue weighted by molar-refractivity contribution is 0.0480. The van der Waals surface area contributed by atoms with E-state index in [-0.39, 0.29) is 6.03 Å². The molecule has 0 aromatic heterocycles. The topological polar surface area (TPSA) is 52.6 Å². The van der Waals surface area contributed by atoms with Crippen LogP contribution in [0.15, 0.2) is 0 Å². The summed E-state index contributed by atoms with van der Waals surface area (Å²) in [6.45, 7) is 8.95. The summed E-state index contributed by atoms with van der Waals surface area (Å²) in [5.41, 5.74) is -0.834. The van der Waals surface area contributed by atoms with E-state index in [2.05, 4.69) is 5.32 Å². The van der Waals surface area contributed by atoms with Gasteiger partial charge in [0.2, 0.25) is 0 Å². The molecule has 2 amide bonds. The molecular weight excluding hydrogens is 180 g/mol. The van der Waals surface area contributed by atoms with E-state index >= 15 is 0 Å². The quantitative estimate of drug-likeness (QED) is 0.704. The fourth-order valence-corrected chi connectivity index (χ4v) is 1.14. The second kappa shape index (κ2) is 5.86. The molecule has 0 radical (unpaired) electrons. The minimum atomic E-state index is -0.834. The standard InChI is InChI=1S/C10H22N2O2/c1-5-7-11-9(13)12(6-2)8-10(3,4)14/h14H,5-8H2,1-4H3,(H,11,13). The second-order valence-corrected chi connectivity index (χ2v) is 4.06. The van der Waals surface area contributed by atoms with Gasteiger partial charge in [0.25, 0.3) is 0 Å². The van der Waals surface area contributed by atoms with E-state index in [1.165, 1.54) is 0 Å². The number of hydrogen-bond acceptors (Lipinski definition) is 2. The second-order valence-electron chi connectivity index (χ2n) is 4.06. The number of nitrogens with zero attached hydrogens (tertiary/aromatic N) is 1. The highest BCUT2D eigenvalue weighted by atomic mass is 16.3. The SMILES string of the molecule is CCCNC(=O)N(CC)CC(C)(C)O. The number of hydrogen-bond donors (Lipinski definition) is 2. The van der Waals surface area contributed by atoms with Crippen LogP contribution in [-0.2, 0) is 0 Å². The van der Waals surface area contributed by atoms with Crippen molar-refractivity contribution in [3.05, 3.63) is 0 Å². The zero-order valence-electron chi connectivity index (χ0n) is 9.63. The Bertz CT molecular complexity index is 175. The van der Waals surface area contributed by atoms with Crippen LogP contribution in [0.1, 0.15) is 34.1 Å². The van der Waals surface area contributed by atoms with Crippen molar-refractivity contribution in [3.8, 4) is 0 Å². The van der Waals surface area contributed by atoms with Crippen LogP contribution < -0.4 is 5.32 Å². The molecule has 0 bridgehead atoms. The van der Waals surface area contributed by atoms with Crippen molar-refractivity contribution in [2.75, 3.05) is 19.6 Å². The molecule has 4 nitrogen and oxygen atoms in total. The van der Waals surface area contributed by atoms with Crippen molar-refractivity contribution in [1.82, 2.24) is 10.2 Å². The Morgan fingerprint density at radius 3 is 2.36 bits per heavy atom. The van der Waals surface area contributed by atoms with Gasteiger partial charge < -0.3 is 15.3 Å². The third kappa shape index (κ3) is 5.80. The summed E-state index contributed by atoms with van der Waals surface area (Å²) in [5, 5.41) is 12.4. The van der Waals surface area contributed by atoms with Gasteiger partial charge in [-0.25, -0.2) is 4.79 Å². The van der Waals surface area contributed by atoms with Gasteiger partial charge in [-0.2, -0.15) is 0 Å². The lowest BCUT2D eigenvalue weighted by atomic mass is 10.1. The van der Waals surface area contributed by atoms with Crippen LogP contribution in [0.3, 0.4) is 0 Å². The maximum absolute atomic E-state index is 11.5. The molecule has 0 heterocycles. The summed E-state index contributed by atoms with van der Waals surface area (Å²) >= 11 is 0. The highest BCUT2D eigenvalue weighted by Gasteiger charge is 2.20. The van der Waals surface area contributed by atoms with Crippen molar-refractivity contribution in [1.29, 1.82) is 0 Å². The van der Waals surface area contributed by atoms with Crippen LogP contribution in [0, 0.1) is 0 Å². The maximum atomic E-state index is 11.5. The maximum Gasteiger partial charge on any atom is 0.317 e. The van der Waals surface area contributed by atoms with Crippen LogP contribution in [0.2, 0.25) is 0 Å². The number of amides is 2. The first-order chi connectivity index (χ1) is 6.40. The van der Waals surface area contributed by atoms with Gasteiger partial charge in [0.1, 0.15) is 0 Å². The van der Waals surface area contributed by atoms with Crippen LogP contribution in [0.4, 0.5) is 4.79 Å². The Kier molecular flexibility index (Phi) is 5.53. The lowest BCUT2D eigenvalue weighted by Crippen LogP contribution is -2.46. The molecule has 0 aromatic carbocycles. The van der Waals surface area contributed by atoms with E-state index in [0.717, 1.165) is 6.42 Å². The Hall–Kier alpha value is -0.770. The van der Waals surface area contributed by atoms with Gasteiger partial charge in [-0.3, -0.25) is 0 Å². The molecule has 84 valence electrons. The number of urea groups is 1. The summed E-state index contributed by atoms with van der Waals surface area (Å²) < 4.78 is 0. The highest BCUT2D eigenvalue weighted by molar-refractivity contribution is 5.74. The third-order valence-corrected chi connectivity index (χ3v) is 1.77. The molecule has 0 fully saturated rings. The molecule has 0 saturated heterocycles. The van der Waals surface area contributed by atoms with Gasteiger partial charge in [-0.1, -0.05) is 6.92 Å². The molecule has 14 heavy (non-hydrogen) atoms. The van der Waals surface area contributed by atoms with Crippen molar-refractivity contribution < 1.29 is 9.90 Å². The number of likely N-dealkylation sites (N-methyl/N-ethyl adjacent to an activating group) is 1. The van der Waals surface area contributed by atoms with Crippen LogP contribution in [0.5, 0.6) is 0 Å². The summed E-state index contributed by atoms with van der Waals surface area (Å²) in [4.78, 5) is 13.1.